The summed E-state index contributed by atoms with van der Waals surface area (Å²) in [4.78, 5) is 13.1. The van der Waals surface area contributed by atoms with Crippen molar-refractivity contribution in [3.63, 3.8) is 0 Å². The molecule has 3 heteroatoms. The molecule has 0 radical (unpaired) electrons. The van der Waals surface area contributed by atoms with Gasteiger partial charge in [-0.25, -0.2) is 0 Å². The molecule has 15 heavy (non-hydrogen) atoms. The fourth-order valence-electron chi connectivity index (χ4n) is 4.19. The van der Waals surface area contributed by atoms with Crippen LogP contribution in [-0.4, -0.2) is 35.1 Å². The fourth-order valence-corrected chi connectivity index (χ4v) is 4.19. The van der Waals surface area contributed by atoms with Crippen LogP contribution in [-0.2, 0) is 4.79 Å². The smallest absolute Gasteiger partial charge is 0.320 e. The Bertz CT molecular complexity index is 273. The van der Waals surface area contributed by atoms with Gasteiger partial charge in [-0.3, -0.25) is 9.69 Å². The molecule has 1 saturated heterocycles. The third kappa shape index (κ3) is 1.32. The van der Waals surface area contributed by atoms with E-state index in [1.165, 1.54) is 19.3 Å². The predicted octanol–water partition coefficient (Wildman–Crippen LogP) is 1.44. The number of hydrogen-bond acceptors (Lipinski definition) is 2. The molecule has 3 rings (SSSR count). The number of carboxylic acids is 1. The molecule has 1 N–H and O–H groups in total. The number of fused-ring (bicyclic) bond motifs is 5. The zero-order chi connectivity index (χ0) is 10.6. The highest BCUT2D eigenvalue weighted by Gasteiger charge is 2.52. The van der Waals surface area contributed by atoms with E-state index in [1.807, 2.05) is 6.92 Å². The number of carboxylic acid groups (broad SMARTS) is 1. The van der Waals surface area contributed by atoms with Gasteiger partial charge in [0.15, 0.2) is 0 Å². The topological polar surface area (TPSA) is 40.5 Å². The van der Waals surface area contributed by atoms with Crippen LogP contribution in [0.3, 0.4) is 0 Å². The highest BCUT2D eigenvalue weighted by molar-refractivity contribution is 5.72. The molecular weight excluding hydrogens is 190 g/mol. The summed E-state index contributed by atoms with van der Waals surface area (Å²) in [5.41, 5.74) is 0. The largest absolute Gasteiger partial charge is 0.480 e. The Balaban J connectivity index is 1.71. The number of nitrogens with zero attached hydrogens (tertiary/aromatic N) is 1. The van der Waals surface area contributed by atoms with Gasteiger partial charge >= 0.3 is 5.97 Å². The Hall–Kier alpha value is -0.570. The van der Waals surface area contributed by atoms with Gasteiger partial charge in [0, 0.05) is 13.1 Å². The van der Waals surface area contributed by atoms with Gasteiger partial charge in [0.25, 0.3) is 0 Å². The summed E-state index contributed by atoms with van der Waals surface area (Å²) in [5, 5.41) is 9.01. The van der Waals surface area contributed by atoms with Crippen molar-refractivity contribution in [1.82, 2.24) is 4.90 Å². The quantitative estimate of drug-likeness (QED) is 0.748. The van der Waals surface area contributed by atoms with Gasteiger partial charge in [-0.05, 0) is 49.9 Å². The Kier molecular flexibility index (Phi) is 2.06. The van der Waals surface area contributed by atoms with Crippen molar-refractivity contribution in [1.29, 1.82) is 0 Å². The second kappa shape index (κ2) is 3.21. The number of carbonyl (C=O) groups is 1. The average Bonchev–Trinajstić information content (AvgIpc) is 2.87. The molecule has 0 aromatic heterocycles. The fraction of sp³-hybridized carbons (Fsp3) is 0.917. The van der Waals surface area contributed by atoms with Crippen molar-refractivity contribution < 1.29 is 9.90 Å². The highest BCUT2D eigenvalue weighted by Crippen LogP contribution is 2.55. The summed E-state index contributed by atoms with van der Waals surface area (Å²) in [7, 11) is 0. The predicted molar refractivity (Wildman–Crippen MR) is 56.5 cm³/mol. The van der Waals surface area contributed by atoms with Crippen LogP contribution in [0.25, 0.3) is 0 Å². The van der Waals surface area contributed by atoms with Gasteiger partial charge in [-0.2, -0.15) is 0 Å². The van der Waals surface area contributed by atoms with Crippen LogP contribution in [0.5, 0.6) is 0 Å². The van der Waals surface area contributed by atoms with E-state index in [-0.39, 0.29) is 6.04 Å². The molecule has 0 aromatic rings. The maximum atomic E-state index is 10.9. The third-order valence-electron chi connectivity index (χ3n) is 5.07. The summed E-state index contributed by atoms with van der Waals surface area (Å²) < 4.78 is 0. The lowest BCUT2D eigenvalue weighted by atomic mass is 9.82. The minimum Gasteiger partial charge on any atom is -0.480 e. The van der Waals surface area contributed by atoms with Crippen LogP contribution >= 0.6 is 0 Å². The molecule has 3 unspecified atom stereocenters. The average molecular weight is 209 g/mol. The molecule has 3 nitrogen and oxygen atoms in total. The second-order valence-corrected chi connectivity index (χ2v) is 5.63. The standard InChI is InChI=1S/C12H19NO2/c1-7(12(14)15)13-5-10-8-2-3-9(4-8)11(10)6-13/h7-11H,2-6H2,1H3,(H,14,15)/t7?,8?,9?,10-,11+. The minimum atomic E-state index is -0.665. The Morgan fingerprint density at radius 1 is 1.27 bits per heavy atom. The van der Waals surface area contributed by atoms with E-state index in [0.717, 1.165) is 36.8 Å². The molecule has 5 atom stereocenters. The van der Waals surface area contributed by atoms with Crippen LogP contribution in [0.1, 0.15) is 26.2 Å². The summed E-state index contributed by atoms with van der Waals surface area (Å²) in [6.45, 7) is 3.91. The van der Waals surface area contributed by atoms with Gasteiger partial charge in [0.1, 0.15) is 6.04 Å². The zero-order valence-electron chi connectivity index (χ0n) is 9.22. The lowest BCUT2D eigenvalue weighted by Gasteiger charge is -2.22. The first kappa shape index (κ1) is 9.64. The van der Waals surface area contributed by atoms with Gasteiger partial charge < -0.3 is 5.11 Å². The molecule has 0 spiro atoms. The summed E-state index contributed by atoms with van der Waals surface area (Å²) in [5.74, 6) is 2.83. The van der Waals surface area contributed by atoms with E-state index in [9.17, 15) is 4.79 Å². The molecule has 0 amide bonds. The molecule has 2 saturated carbocycles. The van der Waals surface area contributed by atoms with Crippen molar-refractivity contribution in [2.75, 3.05) is 13.1 Å². The first-order valence-corrected chi connectivity index (χ1v) is 6.13. The Morgan fingerprint density at radius 3 is 2.27 bits per heavy atom. The lowest BCUT2D eigenvalue weighted by Crippen LogP contribution is -2.38. The van der Waals surface area contributed by atoms with Crippen molar-refractivity contribution in [2.45, 2.75) is 32.2 Å². The molecule has 84 valence electrons. The maximum Gasteiger partial charge on any atom is 0.320 e. The van der Waals surface area contributed by atoms with Crippen molar-refractivity contribution in [3.8, 4) is 0 Å². The van der Waals surface area contributed by atoms with Crippen LogP contribution < -0.4 is 0 Å². The molecule has 3 aliphatic rings. The van der Waals surface area contributed by atoms with E-state index >= 15 is 0 Å². The minimum absolute atomic E-state index is 0.282. The zero-order valence-corrected chi connectivity index (χ0v) is 9.22. The molecule has 1 aliphatic heterocycles. The lowest BCUT2D eigenvalue weighted by molar-refractivity contribution is -0.142. The second-order valence-electron chi connectivity index (χ2n) is 5.63. The van der Waals surface area contributed by atoms with Gasteiger partial charge in [-0.1, -0.05) is 0 Å². The molecular formula is C12H19NO2. The summed E-state index contributed by atoms with van der Waals surface area (Å²) in [6.07, 6.45) is 4.24. The number of hydrogen-bond donors (Lipinski definition) is 1. The maximum absolute atomic E-state index is 10.9. The SMILES string of the molecule is CC(C(=O)O)N1C[C@@H]2C3CCC(C3)[C@@H]2C1. The van der Waals surface area contributed by atoms with Crippen molar-refractivity contribution in [2.24, 2.45) is 23.7 Å². The van der Waals surface area contributed by atoms with E-state index in [2.05, 4.69) is 4.90 Å². The third-order valence-corrected chi connectivity index (χ3v) is 5.07. The molecule has 0 aromatic carbocycles. The van der Waals surface area contributed by atoms with Gasteiger partial charge in [0.05, 0.1) is 0 Å². The van der Waals surface area contributed by atoms with Crippen LogP contribution in [0.4, 0.5) is 0 Å². The highest BCUT2D eigenvalue weighted by atomic mass is 16.4. The van der Waals surface area contributed by atoms with Crippen LogP contribution in [0.15, 0.2) is 0 Å². The molecule has 3 fully saturated rings. The van der Waals surface area contributed by atoms with E-state index < -0.39 is 5.97 Å². The van der Waals surface area contributed by atoms with Crippen LogP contribution in [0, 0.1) is 23.7 Å². The van der Waals surface area contributed by atoms with Gasteiger partial charge in [-0.15, -0.1) is 0 Å². The number of likely N-dealkylation sites (tertiary alicyclic amines) is 1. The molecule has 1 heterocycles. The van der Waals surface area contributed by atoms with E-state index in [1.54, 1.807) is 0 Å². The van der Waals surface area contributed by atoms with Crippen LogP contribution in [0.2, 0.25) is 0 Å². The summed E-state index contributed by atoms with van der Waals surface area (Å²) >= 11 is 0. The van der Waals surface area contributed by atoms with Crippen molar-refractivity contribution >= 4 is 5.97 Å². The van der Waals surface area contributed by atoms with Gasteiger partial charge in [0.2, 0.25) is 0 Å². The first-order chi connectivity index (χ1) is 7.16. The normalized spacial score (nSPS) is 45.7. The van der Waals surface area contributed by atoms with Crippen molar-refractivity contribution in [3.05, 3.63) is 0 Å². The number of rotatable bonds is 2. The monoisotopic (exact) mass is 209 g/mol. The Labute approximate surface area is 90.5 Å². The molecule has 2 bridgehead atoms. The number of aliphatic carboxylic acids is 1. The Morgan fingerprint density at radius 2 is 1.80 bits per heavy atom. The van der Waals surface area contributed by atoms with E-state index in [0.29, 0.717) is 0 Å². The van der Waals surface area contributed by atoms with E-state index in [4.69, 9.17) is 5.11 Å². The molecule has 2 aliphatic carbocycles. The summed E-state index contributed by atoms with van der Waals surface area (Å²) in [6, 6.07) is -0.282. The first-order valence-electron chi connectivity index (χ1n) is 6.13.